The second kappa shape index (κ2) is 6.21. The highest BCUT2D eigenvalue weighted by Gasteiger charge is 2.30. The first-order valence-electron chi connectivity index (χ1n) is 5.45. The van der Waals surface area contributed by atoms with Crippen LogP contribution in [0.2, 0.25) is 0 Å². The predicted octanol–water partition coefficient (Wildman–Crippen LogP) is 2.00. The van der Waals surface area contributed by atoms with Gasteiger partial charge in [0.2, 0.25) is 0 Å². The van der Waals surface area contributed by atoms with Gasteiger partial charge in [-0.2, -0.15) is 13.2 Å². The summed E-state index contributed by atoms with van der Waals surface area (Å²) in [5.41, 5.74) is -1.09. The van der Waals surface area contributed by atoms with E-state index < -0.39 is 23.6 Å². The van der Waals surface area contributed by atoms with Crippen LogP contribution in [0.3, 0.4) is 0 Å². The fourth-order valence-corrected chi connectivity index (χ4v) is 1.30. The molecular formula is C12H12F3NO3. The largest absolute Gasteiger partial charge is 0.465 e. The SMILES string of the molecule is CCOC(=O)CNC(=O)c1cccc(C(F)(F)F)c1. The minimum Gasteiger partial charge on any atom is -0.465 e. The van der Waals surface area contributed by atoms with E-state index >= 15 is 0 Å². The molecule has 0 spiro atoms. The average Bonchev–Trinajstić information content (AvgIpc) is 2.35. The molecule has 1 amide bonds. The number of carbonyl (C=O) groups excluding carboxylic acids is 2. The Morgan fingerprint density at radius 3 is 2.58 bits per heavy atom. The molecule has 4 nitrogen and oxygen atoms in total. The number of nitrogens with one attached hydrogen (secondary N) is 1. The van der Waals surface area contributed by atoms with Crippen LogP contribution in [0.4, 0.5) is 13.2 Å². The molecule has 0 radical (unpaired) electrons. The smallest absolute Gasteiger partial charge is 0.416 e. The lowest BCUT2D eigenvalue weighted by Gasteiger charge is -2.09. The molecule has 0 saturated heterocycles. The summed E-state index contributed by atoms with van der Waals surface area (Å²) < 4.78 is 41.9. The summed E-state index contributed by atoms with van der Waals surface area (Å²) in [6.45, 7) is 1.38. The number of alkyl halides is 3. The third-order valence-corrected chi connectivity index (χ3v) is 2.15. The highest BCUT2D eigenvalue weighted by atomic mass is 19.4. The van der Waals surface area contributed by atoms with E-state index in [1.165, 1.54) is 6.07 Å². The normalized spacial score (nSPS) is 10.9. The van der Waals surface area contributed by atoms with Gasteiger partial charge in [-0.15, -0.1) is 0 Å². The van der Waals surface area contributed by atoms with Gasteiger partial charge in [0.25, 0.3) is 5.91 Å². The Balaban J connectivity index is 2.70. The van der Waals surface area contributed by atoms with E-state index in [0.717, 1.165) is 18.2 Å². The molecule has 1 aromatic rings. The molecule has 0 aliphatic rings. The number of carbonyl (C=O) groups is 2. The minimum absolute atomic E-state index is 0.165. The van der Waals surface area contributed by atoms with Gasteiger partial charge in [0.1, 0.15) is 6.54 Å². The summed E-state index contributed by atoms with van der Waals surface area (Å²) in [6.07, 6.45) is -4.52. The van der Waals surface area contributed by atoms with Crippen LogP contribution in [0.15, 0.2) is 24.3 Å². The van der Waals surface area contributed by atoms with Crippen LogP contribution in [-0.4, -0.2) is 25.0 Å². The average molecular weight is 275 g/mol. The molecule has 0 unspecified atom stereocenters. The summed E-state index contributed by atoms with van der Waals surface area (Å²) >= 11 is 0. The minimum atomic E-state index is -4.52. The maximum absolute atomic E-state index is 12.4. The van der Waals surface area contributed by atoms with Gasteiger partial charge in [-0.3, -0.25) is 9.59 Å². The second-order valence-corrected chi connectivity index (χ2v) is 3.57. The second-order valence-electron chi connectivity index (χ2n) is 3.57. The summed E-state index contributed by atoms with van der Waals surface area (Å²) in [5, 5.41) is 2.18. The highest BCUT2D eigenvalue weighted by molar-refractivity contribution is 5.96. The third-order valence-electron chi connectivity index (χ3n) is 2.15. The van der Waals surface area contributed by atoms with E-state index in [2.05, 4.69) is 10.1 Å². The first kappa shape index (κ1) is 15.0. The van der Waals surface area contributed by atoms with Crippen molar-refractivity contribution in [2.45, 2.75) is 13.1 Å². The fraction of sp³-hybridized carbons (Fsp3) is 0.333. The van der Waals surface area contributed by atoms with Crippen molar-refractivity contribution in [1.29, 1.82) is 0 Å². The highest BCUT2D eigenvalue weighted by Crippen LogP contribution is 2.29. The molecule has 0 fully saturated rings. The number of hydrogen-bond donors (Lipinski definition) is 1. The molecule has 0 heterocycles. The molecule has 7 heteroatoms. The molecule has 1 N–H and O–H groups in total. The van der Waals surface area contributed by atoms with Crippen molar-refractivity contribution < 1.29 is 27.5 Å². The van der Waals surface area contributed by atoms with Crippen LogP contribution in [-0.2, 0) is 15.7 Å². The zero-order valence-electron chi connectivity index (χ0n) is 10.1. The maximum atomic E-state index is 12.4. The first-order chi connectivity index (χ1) is 8.84. The van der Waals surface area contributed by atoms with Gasteiger partial charge < -0.3 is 10.1 Å². The van der Waals surface area contributed by atoms with Crippen molar-refractivity contribution in [3.8, 4) is 0 Å². The molecule has 0 atom stereocenters. The maximum Gasteiger partial charge on any atom is 0.416 e. The number of benzene rings is 1. The Kier molecular flexibility index (Phi) is 4.91. The summed E-state index contributed by atoms with van der Waals surface area (Å²) in [5.74, 6) is -1.41. The van der Waals surface area contributed by atoms with E-state index in [1.807, 2.05) is 0 Å². The monoisotopic (exact) mass is 275 g/mol. The Hall–Kier alpha value is -2.05. The predicted molar refractivity (Wildman–Crippen MR) is 60.4 cm³/mol. The van der Waals surface area contributed by atoms with Gasteiger partial charge in [0.05, 0.1) is 12.2 Å². The zero-order valence-corrected chi connectivity index (χ0v) is 10.1. The molecule has 104 valence electrons. The Labute approximate surface area is 107 Å². The lowest BCUT2D eigenvalue weighted by Crippen LogP contribution is -2.30. The third kappa shape index (κ3) is 4.61. The summed E-state index contributed by atoms with van der Waals surface area (Å²) in [7, 11) is 0. The number of amides is 1. The van der Waals surface area contributed by atoms with Crippen molar-refractivity contribution >= 4 is 11.9 Å². The molecule has 0 aliphatic heterocycles. The van der Waals surface area contributed by atoms with E-state index in [1.54, 1.807) is 6.92 Å². The molecule has 0 saturated carbocycles. The number of halogens is 3. The van der Waals surface area contributed by atoms with Gasteiger partial charge in [0.15, 0.2) is 0 Å². The number of rotatable bonds is 4. The zero-order chi connectivity index (χ0) is 14.5. The Morgan fingerprint density at radius 2 is 2.00 bits per heavy atom. The van der Waals surface area contributed by atoms with Crippen LogP contribution in [0.25, 0.3) is 0 Å². The van der Waals surface area contributed by atoms with Crippen LogP contribution in [0.5, 0.6) is 0 Å². The Bertz CT molecular complexity index is 472. The van der Waals surface area contributed by atoms with Crippen molar-refractivity contribution in [2.24, 2.45) is 0 Å². The van der Waals surface area contributed by atoms with E-state index in [0.29, 0.717) is 0 Å². The Morgan fingerprint density at radius 1 is 1.32 bits per heavy atom. The van der Waals surface area contributed by atoms with Crippen LogP contribution < -0.4 is 5.32 Å². The molecule has 0 aliphatic carbocycles. The number of ether oxygens (including phenoxy) is 1. The standard InChI is InChI=1S/C12H12F3NO3/c1-2-19-10(17)7-16-11(18)8-4-3-5-9(6-8)12(13,14)15/h3-6H,2,7H2,1H3,(H,16,18). The van der Waals surface area contributed by atoms with Gasteiger partial charge >= 0.3 is 12.1 Å². The van der Waals surface area contributed by atoms with Crippen molar-refractivity contribution in [3.05, 3.63) is 35.4 Å². The molecule has 1 rings (SSSR count). The van der Waals surface area contributed by atoms with E-state index in [9.17, 15) is 22.8 Å². The topological polar surface area (TPSA) is 55.4 Å². The van der Waals surface area contributed by atoms with Crippen molar-refractivity contribution in [3.63, 3.8) is 0 Å². The van der Waals surface area contributed by atoms with Gasteiger partial charge in [0, 0.05) is 5.56 Å². The fourth-order valence-electron chi connectivity index (χ4n) is 1.30. The summed E-state index contributed by atoms with van der Waals surface area (Å²) in [4.78, 5) is 22.5. The van der Waals surface area contributed by atoms with E-state index in [4.69, 9.17) is 0 Å². The van der Waals surface area contributed by atoms with Gasteiger partial charge in [-0.1, -0.05) is 6.07 Å². The summed E-state index contributed by atoms with van der Waals surface area (Å²) in [6, 6.07) is 3.94. The van der Waals surface area contributed by atoms with Gasteiger partial charge in [-0.25, -0.2) is 0 Å². The van der Waals surface area contributed by atoms with Gasteiger partial charge in [-0.05, 0) is 25.1 Å². The van der Waals surface area contributed by atoms with Crippen molar-refractivity contribution in [2.75, 3.05) is 13.2 Å². The van der Waals surface area contributed by atoms with Crippen LogP contribution in [0.1, 0.15) is 22.8 Å². The molecule has 0 aromatic heterocycles. The molecule has 19 heavy (non-hydrogen) atoms. The number of esters is 1. The number of hydrogen-bond acceptors (Lipinski definition) is 3. The molecule has 1 aromatic carbocycles. The quantitative estimate of drug-likeness (QED) is 0.855. The van der Waals surface area contributed by atoms with Crippen LogP contribution >= 0.6 is 0 Å². The molecular weight excluding hydrogens is 263 g/mol. The molecule has 0 bridgehead atoms. The van der Waals surface area contributed by atoms with E-state index in [-0.39, 0.29) is 18.7 Å². The lowest BCUT2D eigenvalue weighted by atomic mass is 10.1. The lowest BCUT2D eigenvalue weighted by molar-refractivity contribution is -0.142. The van der Waals surface area contributed by atoms with Crippen molar-refractivity contribution in [1.82, 2.24) is 5.32 Å². The van der Waals surface area contributed by atoms with Crippen LogP contribution in [0, 0.1) is 0 Å². The first-order valence-corrected chi connectivity index (χ1v) is 5.45.